The third-order valence-corrected chi connectivity index (χ3v) is 5.62. The fourth-order valence-corrected chi connectivity index (χ4v) is 4.27. The normalized spacial score (nSPS) is 34.7. The van der Waals surface area contributed by atoms with Gasteiger partial charge in [-0.25, -0.2) is 0 Å². The van der Waals surface area contributed by atoms with Gasteiger partial charge in [-0.1, -0.05) is 24.3 Å². The third-order valence-electron chi connectivity index (χ3n) is 5.62. The van der Waals surface area contributed by atoms with Gasteiger partial charge in [0, 0.05) is 17.5 Å². The molecule has 1 saturated heterocycles. The highest BCUT2D eigenvalue weighted by Gasteiger charge is 2.58. The first-order valence-electron chi connectivity index (χ1n) is 7.81. The summed E-state index contributed by atoms with van der Waals surface area (Å²) in [6.07, 6.45) is 6.68. The number of aryl methyl sites for hydroxylation is 1. The summed E-state index contributed by atoms with van der Waals surface area (Å²) in [6, 6.07) is 10.6. The fourth-order valence-electron chi connectivity index (χ4n) is 4.27. The number of fused-ring (bicyclic) bond motifs is 2. The highest BCUT2D eigenvalue weighted by atomic mass is 15.1. The third kappa shape index (κ3) is 1.93. The Morgan fingerprint density at radius 1 is 1.21 bits per heavy atom. The molecule has 2 aliphatic carbocycles. The molecule has 2 unspecified atom stereocenters. The lowest BCUT2D eigenvalue weighted by Crippen LogP contribution is -2.43. The lowest BCUT2D eigenvalue weighted by Gasteiger charge is -2.30. The molecule has 1 aliphatic heterocycles. The molecule has 3 aliphatic rings. The van der Waals surface area contributed by atoms with Gasteiger partial charge in [0.1, 0.15) is 0 Å². The first-order valence-corrected chi connectivity index (χ1v) is 7.81. The van der Waals surface area contributed by atoms with Gasteiger partial charge in [-0.3, -0.25) is 0 Å². The number of nitrogens with zero attached hydrogens (tertiary/aromatic N) is 1. The average molecular weight is 256 g/mol. The molecule has 2 fully saturated rings. The zero-order chi connectivity index (χ0) is 12.9. The van der Waals surface area contributed by atoms with Crippen LogP contribution in [0.25, 0.3) is 0 Å². The van der Waals surface area contributed by atoms with Crippen LogP contribution >= 0.6 is 0 Å². The van der Waals surface area contributed by atoms with E-state index in [1.165, 1.54) is 45.2 Å². The van der Waals surface area contributed by atoms with Crippen molar-refractivity contribution >= 4 is 0 Å². The molecule has 2 atom stereocenters. The van der Waals surface area contributed by atoms with Gasteiger partial charge < -0.3 is 10.2 Å². The molecule has 1 spiro atoms. The van der Waals surface area contributed by atoms with Crippen LogP contribution in [0, 0.1) is 0 Å². The number of likely N-dealkylation sites (tertiary alicyclic amines) is 1. The van der Waals surface area contributed by atoms with E-state index >= 15 is 0 Å². The van der Waals surface area contributed by atoms with Crippen molar-refractivity contribution in [3.63, 3.8) is 0 Å². The van der Waals surface area contributed by atoms with Crippen molar-refractivity contribution in [2.45, 2.75) is 49.6 Å². The molecule has 0 bridgehead atoms. The maximum Gasteiger partial charge on any atom is 0.0176 e. The Morgan fingerprint density at radius 3 is 2.84 bits per heavy atom. The van der Waals surface area contributed by atoms with Crippen LogP contribution in [0.15, 0.2) is 24.3 Å². The molecule has 1 N–H and O–H groups in total. The second kappa shape index (κ2) is 4.32. The molecule has 0 radical (unpaired) electrons. The standard InChI is InChI=1S/C17H24N2/c1-19-10-7-14(8-11-19)18-16-12-17(16)9-6-13-4-2-3-5-15(13)17/h2-5,14,16,18H,6-12H2,1H3. The minimum absolute atomic E-state index is 0.514. The maximum absolute atomic E-state index is 3.96. The zero-order valence-corrected chi connectivity index (χ0v) is 11.9. The van der Waals surface area contributed by atoms with Crippen molar-refractivity contribution in [3.8, 4) is 0 Å². The maximum atomic E-state index is 3.96. The van der Waals surface area contributed by atoms with Gasteiger partial charge in [-0.05, 0) is 63.4 Å². The van der Waals surface area contributed by atoms with Crippen molar-refractivity contribution < 1.29 is 0 Å². The van der Waals surface area contributed by atoms with E-state index in [0.29, 0.717) is 5.41 Å². The average Bonchev–Trinajstić information content (AvgIpc) is 3.00. The minimum Gasteiger partial charge on any atom is -0.310 e. The number of benzene rings is 1. The van der Waals surface area contributed by atoms with Crippen molar-refractivity contribution in [2.24, 2.45) is 0 Å². The molecule has 1 heterocycles. The number of hydrogen-bond donors (Lipinski definition) is 1. The molecular weight excluding hydrogens is 232 g/mol. The molecule has 0 amide bonds. The molecule has 1 aromatic carbocycles. The summed E-state index contributed by atoms with van der Waals surface area (Å²) in [5.74, 6) is 0. The zero-order valence-electron chi connectivity index (χ0n) is 11.9. The molecule has 2 heteroatoms. The van der Waals surface area contributed by atoms with Crippen molar-refractivity contribution in [1.82, 2.24) is 10.2 Å². The lowest BCUT2D eigenvalue weighted by molar-refractivity contribution is 0.231. The molecular formula is C17H24N2. The fraction of sp³-hybridized carbons (Fsp3) is 0.647. The molecule has 4 rings (SSSR count). The van der Waals surface area contributed by atoms with Crippen LogP contribution in [0.1, 0.15) is 36.8 Å². The Morgan fingerprint density at radius 2 is 2.00 bits per heavy atom. The predicted octanol–water partition coefficient (Wildman–Crippen LogP) is 2.33. The van der Waals surface area contributed by atoms with Crippen LogP contribution in [-0.4, -0.2) is 37.1 Å². The predicted molar refractivity (Wildman–Crippen MR) is 78.5 cm³/mol. The highest BCUT2D eigenvalue weighted by Crippen LogP contribution is 2.56. The summed E-state index contributed by atoms with van der Waals surface area (Å²) >= 11 is 0. The van der Waals surface area contributed by atoms with E-state index in [2.05, 4.69) is 41.5 Å². The summed E-state index contributed by atoms with van der Waals surface area (Å²) in [4.78, 5) is 2.45. The summed E-state index contributed by atoms with van der Waals surface area (Å²) < 4.78 is 0. The van der Waals surface area contributed by atoms with Gasteiger partial charge in [0.15, 0.2) is 0 Å². The Labute approximate surface area is 116 Å². The number of rotatable bonds is 2. The van der Waals surface area contributed by atoms with Crippen LogP contribution in [0.2, 0.25) is 0 Å². The van der Waals surface area contributed by atoms with Gasteiger partial charge >= 0.3 is 0 Å². The van der Waals surface area contributed by atoms with Crippen LogP contribution in [-0.2, 0) is 11.8 Å². The summed E-state index contributed by atoms with van der Waals surface area (Å²) in [6.45, 7) is 2.52. The Bertz CT molecular complexity index is 476. The van der Waals surface area contributed by atoms with E-state index in [0.717, 1.165) is 12.1 Å². The van der Waals surface area contributed by atoms with E-state index < -0.39 is 0 Å². The topological polar surface area (TPSA) is 15.3 Å². The smallest absolute Gasteiger partial charge is 0.0176 e. The van der Waals surface area contributed by atoms with Crippen LogP contribution < -0.4 is 5.32 Å². The second-order valence-electron chi connectivity index (χ2n) is 6.81. The lowest BCUT2D eigenvalue weighted by atomic mass is 9.97. The van der Waals surface area contributed by atoms with Gasteiger partial charge in [-0.2, -0.15) is 0 Å². The molecule has 2 nitrogen and oxygen atoms in total. The van der Waals surface area contributed by atoms with E-state index in [-0.39, 0.29) is 0 Å². The Hall–Kier alpha value is -0.860. The molecule has 1 saturated carbocycles. The Balaban J connectivity index is 1.44. The van der Waals surface area contributed by atoms with Crippen molar-refractivity contribution in [3.05, 3.63) is 35.4 Å². The van der Waals surface area contributed by atoms with Crippen molar-refractivity contribution in [1.29, 1.82) is 0 Å². The first-order chi connectivity index (χ1) is 9.28. The quantitative estimate of drug-likeness (QED) is 0.873. The van der Waals surface area contributed by atoms with Gasteiger partial charge in [0.25, 0.3) is 0 Å². The minimum atomic E-state index is 0.514. The first kappa shape index (κ1) is 11.9. The number of nitrogens with one attached hydrogen (secondary N) is 1. The van der Waals surface area contributed by atoms with E-state index in [1.54, 1.807) is 11.1 Å². The van der Waals surface area contributed by atoms with Gasteiger partial charge in [0.05, 0.1) is 0 Å². The second-order valence-corrected chi connectivity index (χ2v) is 6.81. The summed E-state index contributed by atoms with van der Waals surface area (Å²) in [5.41, 5.74) is 3.77. The molecule has 0 aromatic heterocycles. The monoisotopic (exact) mass is 256 g/mol. The van der Waals surface area contributed by atoms with Crippen molar-refractivity contribution in [2.75, 3.05) is 20.1 Å². The van der Waals surface area contributed by atoms with E-state index in [9.17, 15) is 0 Å². The van der Waals surface area contributed by atoms with Crippen LogP contribution in [0.4, 0.5) is 0 Å². The highest BCUT2D eigenvalue weighted by molar-refractivity contribution is 5.46. The largest absolute Gasteiger partial charge is 0.310 e. The number of piperidine rings is 1. The van der Waals surface area contributed by atoms with Gasteiger partial charge in [-0.15, -0.1) is 0 Å². The van der Waals surface area contributed by atoms with Gasteiger partial charge in [0.2, 0.25) is 0 Å². The molecule has 19 heavy (non-hydrogen) atoms. The molecule has 102 valence electrons. The van der Waals surface area contributed by atoms with E-state index in [1.807, 2.05) is 0 Å². The summed E-state index contributed by atoms with van der Waals surface area (Å²) in [5, 5.41) is 3.96. The SMILES string of the molecule is CN1CCC(NC2CC23CCc2ccccc23)CC1. The Kier molecular flexibility index (Phi) is 2.71. The van der Waals surface area contributed by atoms with E-state index in [4.69, 9.17) is 0 Å². The summed E-state index contributed by atoms with van der Waals surface area (Å²) in [7, 11) is 2.24. The number of hydrogen-bond acceptors (Lipinski definition) is 2. The van der Waals surface area contributed by atoms with Crippen LogP contribution in [0.5, 0.6) is 0 Å². The van der Waals surface area contributed by atoms with Crippen LogP contribution in [0.3, 0.4) is 0 Å². The molecule has 1 aromatic rings.